The maximum atomic E-state index is 12.8. The highest BCUT2D eigenvalue weighted by Gasteiger charge is 2.21. The molecule has 3 rings (SSSR count). The Morgan fingerprint density at radius 3 is 2.17 bits per heavy atom. The lowest BCUT2D eigenvalue weighted by molar-refractivity contribution is -0.141. The van der Waals surface area contributed by atoms with Crippen LogP contribution in [0.3, 0.4) is 0 Å². The number of nitrogens with zero attached hydrogens (tertiary/aromatic N) is 1. The maximum absolute atomic E-state index is 12.8. The number of carbonyl (C=O) groups excluding carboxylic acids is 2. The molecular formula is C19H15NO3. The summed E-state index contributed by atoms with van der Waals surface area (Å²) in [6.07, 6.45) is 0. The van der Waals surface area contributed by atoms with Gasteiger partial charge in [0.25, 0.3) is 5.91 Å². The van der Waals surface area contributed by atoms with E-state index in [9.17, 15) is 9.59 Å². The predicted molar refractivity (Wildman–Crippen MR) is 89.0 cm³/mol. The fraction of sp³-hybridized carbons (Fsp3) is 0.0526. The molecule has 0 aliphatic rings. The number of rotatable bonds is 2. The van der Waals surface area contributed by atoms with E-state index in [1.807, 2.05) is 36.4 Å². The van der Waals surface area contributed by atoms with Crippen LogP contribution in [-0.4, -0.2) is 11.9 Å². The molecule has 4 heteroatoms. The second-order valence-corrected chi connectivity index (χ2v) is 5.08. The Morgan fingerprint density at radius 2 is 1.48 bits per heavy atom. The van der Waals surface area contributed by atoms with E-state index in [1.165, 1.54) is 6.92 Å². The van der Waals surface area contributed by atoms with E-state index in [-0.39, 0.29) is 0 Å². The van der Waals surface area contributed by atoms with Crippen molar-refractivity contribution in [3.63, 3.8) is 0 Å². The molecule has 0 heterocycles. The minimum absolute atomic E-state index is 0.392. The fourth-order valence-corrected chi connectivity index (χ4v) is 2.34. The summed E-state index contributed by atoms with van der Waals surface area (Å²) >= 11 is 0. The van der Waals surface area contributed by atoms with E-state index < -0.39 is 11.9 Å². The van der Waals surface area contributed by atoms with Gasteiger partial charge < -0.3 is 4.84 Å². The monoisotopic (exact) mass is 305 g/mol. The summed E-state index contributed by atoms with van der Waals surface area (Å²) in [4.78, 5) is 29.2. The first-order valence-electron chi connectivity index (χ1n) is 7.22. The lowest BCUT2D eigenvalue weighted by Crippen LogP contribution is -2.32. The molecule has 0 fully saturated rings. The number of amides is 1. The molecule has 0 saturated carbocycles. The van der Waals surface area contributed by atoms with Gasteiger partial charge in [0.15, 0.2) is 0 Å². The normalized spacial score (nSPS) is 10.3. The molecule has 3 aromatic carbocycles. The van der Waals surface area contributed by atoms with Crippen LogP contribution in [0.4, 0.5) is 5.69 Å². The molecule has 0 N–H and O–H groups in total. The summed E-state index contributed by atoms with van der Waals surface area (Å²) < 4.78 is 0. The minimum atomic E-state index is -0.553. The minimum Gasteiger partial charge on any atom is -0.333 e. The van der Waals surface area contributed by atoms with Crippen LogP contribution in [0.1, 0.15) is 17.3 Å². The van der Waals surface area contributed by atoms with Gasteiger partial charge in [0.1, 0.15) is 0 Å². The molecule has 3 aromatic rings. The molecule has 0 spiro atoms. The van der Waals surface area contributed by atoms with Crippen LogP contribution in [-0.2, 0) is 9.63 Å². The number of benzene rings is 3. The van der Waals surface area contributed by atoms with Crippen molar-refractivity contribution in [2.45, 2.75) is 6.92 Å². The highest BCUT2D eigenvalue weighted by molar-refractivity contribution is 6.07. The number of anilines is 1. The topological polar surface area (TPSA) is 46.6 Å². The molecule has 0 saturated heterocycles. The number of hydroxylamine groups is 1. The first kappa shape index (κ1) is 14.8. The zero-order valence-corrected chi connectivity index (χ0v) is 12.6. The zero-order chi connectivity index (χ0) is 16.2. The Morgan fingerprint density at radius 1 is 0.826 bits per heavy atom. The van der Waals surface area contributed by atoms with Gasteiger partial charge in [-0.1, -0.05) is 48.5 Å². The van der Waals surface area contributed by atoms with E-state index in [1.54, 1.807) is 36.4 Å². The van der Waals surface area contributed by atoms with E-state index in [0.29, 0.717) is 11.3 Å². The second kappa shape index (κ2) is 6.32. The zero-order valence-electron chi connectivity index (χ0n) is 12.6. The van der Waals surface area contributed by atoms with Crippen LogP contribution in [0.5, 0.6) is 0 Å². The van der Waals surface area contributed by atoms with Crippen molar-refractivity contribution in [2.75, 3.05) is 5.06 Å². The number of hydrogen-bond acceptors (Lipinski definition) is 3. The Hall–Kier alpha value is -3.14. The van der Waals surface area contributed by atoms with Gasteiger partial charge in [0.2, 0.25) is 0 Å². The molecule has 0 aromatic heterocycles. The lowest BCUT2D eigenvalue weighted by atomic mass is 10.1. The van der Waals surface area contributed by atoms with Crippen molar-refractivity contribution in [2.24, 2.45) is 0 Å². The fourth-order valence-electron chi connectivity index (χ4n) is 2.34. The third-order valence-corrected chi connectivity index (χ3v) is 3.39. The summed E-state index contributed by atoms with van der Waals surface area (Å²) in [7, 11) is 0. The first-order valence-corrected chi connectivity index (χ1v) is 7.22. The molecule has 0 atom stereocenters. The second-order valence-electron chi connectivity index (χ2n) is 5.08. The molecule has 0 bridgehead atoms. The van der Waals surface area contributed by atoms with Gasteiger partial charge in [-0.25, -0.2) is 4.79 Å². The van der Waals surface area contributed by atoms with Gasteiger partial charge in [-0.05, 0) is 35.0 Å². The number of carbonyl (C=O) groups is 2. The van der Waals surface area contributed by atoms with Crippen LogP contribution in [0.25, 0.3) is 10.8 Å². The van der Waals surface area contributed by atoms with Crippen molar-refractivity contribution >= 4 is 28.3 Å². The number of hydrogen-bond donors (Lipinski definition) is 0. The molecule has 4 nitrogen and oxygen atoms in total. The number of fused-ring (bicyclic) bond motifs is 1. The van der Waals surface area contributed by atoms with Gasteiger partial charge in [0, 0.05) is 12.5 Å². The lowest BCUT2D eigenvalue weighted by Gasteiger charge is -2.20. The Balaban J connectivity index is 2.00. The van der Waals surface area contributed by atoms with Crippen molar-refractivity contribution in [1.29, 1.82) is 0 Å². The highest BCUT2D eigenvalue weighted by atomic mass is 16.7. The van der Waals surface area contributed by atoms with E-state index in [4.69, 9.17) is 4.84 Å². The molecule has 23 heavy (non-hydrogen) atoms. The van der Waals surface area contributed by atoms with Crippen LogP contribution < -0.4 is 5.06 Å². The van der Waals surface area contributed by atoms with E-state index in [2.05, 4.69) is 0 Å². The maximum Gasteiger partial charge on any atom is 0.330 e. The summed E-state index contributed by atoms with van der Waals surface area (Å²) in [6, 6.07) is 22.0. The van der Waals surface area contributed by atoms with Crippen LogP contribution >= 0.6 is 0 Å². The van der Waals surface area contributed by atoms with Gasteiger partial charge in [-0.3, -0.25) is 4.79 Å². The molecule has 1 amide bonds. The van der Waals surface area contributed by atoms with Crippen molar-refractivity contribution < 1.29 is 14.4 Å². The van der Waals surface area contributed by atoms with Gasteiger partial charge in [-0.2, -0.15) is 0 Å². The predicted octanol–water partition coefficient (Wildman–Crippen LogP) is 3.96. The third kappa shape index (κ3) is 3.21. The van der Waals surface area contributed by atoms with Gasteiger partial charge in [0.05, 0.1) is 5.69 Å². The van der Waals surface area contributed by atoms with Crippen molar-refractivity contribution in [3.05, 3.63) is 78.4 Å². The van der Waals surface area contributed by atoms with Crippen LogP contribution in [0.15, 0.2) is 72.8 Å². The van der Waals surface area contributed by atoms with Crippen molar-refractivity contribution in [3.8, 4) is 0 Å². The Bertz CT molecular complexity index is 859. The Labute approximate surface area is 133 Å². The number of para-hydroxylation sites is 1. The third-order valence-electron chi connectivity index (χ3n) is 3.39. The summed E-state index contributed by atoms with van der Waals surface area (Å²) in [5.74, 6) is -0.944. The summed E-state index contributed by atoms with van der Waals surface area (Å²) in [6.45, 7) is 1.27. The van der Waals surface area contributed by atoms with Crippen LogP contribution in [0, 0.1) is 0 Å². The average molecular weight is 305 g/mol. The van der Waals surface area contributed by atoms with Crippen LogP contribution in [0.2, 0.25) is 0 Å². The summed E-state index contributed by atoms with van der Waals surface area (Å²) in [5, 5.41) is 3.02. The summed E-state index contributed by atoms with van der Waals surface area (Å²) in [5.41, 5.74) is 0.953. The molecule has 0 unspecified atom stereocenters. The smallest absolute Gasteiger partial charge is 0.330 e. The van der Waals surface area contributed by atoms with Gasteiger partial charge >= 0.3 is 5.97 Å². The Kier molecular flexibility index (Phi) is 4.06. The molecule has 114 valence electrons. The quantitative estimate of drug-likeness (QED) is 0.673. The van der Waals surface area contributed by atoms with Crippen molar-refractivity contribution in [1.82, 2.24) is 0 Å². The molecular weight excluding hydrogens is 290 g/mol. The van der Waals surface area contributed by atoms with Gasteiger partial charge in [-0.15, -0.1) is 5.06 Å². The first-order chi connectivity index (χ1) is 11.1. The molecule has 0 aliphatic heterocycles. The molecule has 0 radical (unpaired) electrons. The SMILES string of the molecule is CC(=O)ON(C(=O)c1ccc2ccccc2c1)c1ccccc1. The van der Waals surface area contributed by atoms with E-state index >= 15 is 0 Å². The average Bonchev–Trinajstić information content (AvgIpc) is 2.59. The largest absolute Gasteiger partial charge is 0.333 e. The van der Waals surface area contributed by atoms with E-state index in [0.717, 1.165) is 15.8 Å². The molecule has 0 aliphatic carbocycles. The standard InChI is InChI=1S/C19H15NO3/c1-14(21)23-20(18-9-3-2-4-10-18)19(22)17-12-11-15-7-5-6-8-16(15)13-17/h2-13H,1H3. The highest BCUT2D eigenvalue weighted by Crippen LogP contribution is 2.21.